The molecule has 0 aliphatic heterocycles. The predicted octanol–water partition coefficient (Wildman–Crippen LogP) is 6.69. The molecule has 0 saturated carbocycles. The molecule has 5 aromatic rings. The molecule has 0 bridgehead atoms. The van der Waals surface area contributed by atoms with Gasteiger partial charge in [-0.3, -0.25) is 4.79 Å². The van der Waals surface area contributed by atoms with Crippen LogP contribution in [-0.2, 0) is 22.4 Å². The van der Waals surface area contributed by atoms with Gasteiger partial charge < -0.3 is 14.2 Å². The van der Waals surface area contributed by atoms with Crippen molar-refractivity contribution in [2.45, 2.75) is 19.3 Å². The second-order valence-electron chi connectivity index (χ2n) is 8.97. The van der Waals surface area contributed by atoms with E-state index in [1.165, 1.54) is 12.7 Å². The summed E-state index contributed by atoms with van der Waals surface area (Å²) in [5, 5.41) is 6.43. The SMILES string of the molecule is COC(=O)c1cccc2ccccc12.COc1c(OC)c2c3c(ccc2c2ccccc12)CC(=O)CC3. The molecule has 0 atom stereocenters. The van der Waals surface area contributed by atoms with Gasteiger partial charge in [0, 0.05) is 23.6 Å². The average Bonchev–Trinajstić information content (AvgIpc) is 2.95. The Morgan fingerprint density at radius 3 is 2.08 bits per heavy atom. The van der Waals surface area contributed by atoms with E-state index in [0.717, 1.165) is 55.8 Å². The van der Waals surface area contributed by atoms with Crippen LogP contribution in [0.5, 0.6) is 11.5 Å². The summed E-state index contributed by atoms with van der Waals surface area (Å²) in [5.41, 5.74) is 2.96. The number of hydrogen-bond acceptors (Lipinski definition) is 5. The predicted molar refractivity (Wildman–Crippen MR) is 147 cm³/mol. The smallest absolute Gasteiger partial charge is 0.338 e. The number of esters is 1. The molecule has 0 saturated heterocycles. The van der Waals surface area contributed by atoms with Gasteiger partial charge in [-0.25, -0.2) is 4.79 Å². The minimum Gasteiger partial charge on any atom is -0.492 e. The third kappa shape index (κ3) is 4.38. The summed E-state index contributed by atoms with van der Waals surface area (Å²) in [6, 6.07) is 25.8. The quantitative estimate of drug-likeness (QED) is 0.207. The van der Waals surface area contributed by atoms with Crippen LogP contribution < -0.4 is 9.47 Å². The molecule has 5 heteroatoms. The third-order valence-corrected chi connectivity index (χ3v) is 6.95. The number of ether oxygens (including phenoxy) is 3. The molecule has 5 aromatic carbocycles. The minimum absolute atomic E-state index is 0.290. The molecule has 186 valence electrons. The highest BCUT2D eigenvalue weighted by atomic mass is 16.5. The van der Waals surface area contributed by atoms with Gasteiger partial charge in [-0.15, -0.1) is 0 Å². The van der Waals surface area contributed by atoms with Crippen LogP contribution in [0, 0.1) is 0 Å². The van der Waals surface area contributed by atoms with Crippen molar-refractivity contribution in [1.82, 2.24) is 0 Å². The number of benzene rings is 5. The molecule has 0 fully saturated rings. The first kappa shape index (κ1) is 24.3. The van der Waals surface area contributed by atoms with Gasteiger partial charge in [0.2, 0.25) is 0 Å². The van der Waals surface area contributed by atoms with Gasteiger partial charge in [0.1, 0.15) is 5.78 Å². The molecule has 0 spiro atoms. The summed E-state index contributed by atoms with van der Waals surface area (Å²) >= 11 is 0. The summed E-state index contributed by atoms with van der Waals surface area (Å²) < 4.78 is 16.1. The Kier molecular flexibility index (Phi) is 6.78. The van der Waals surface area contributed by atoms with Gasteiger partial charge in [0.15, 0.2) is 11.5 Å². The number of aryl methyl sites for hydroxylation is 1. The fraction of sp³-hybridized carbons (Fsp3) is 0.188. The number of hydrogen-bond donors (Lipinski definition) is 0. The van der Waals surface area contributed by atoms with Crippen LogP contribution in [0.15, 0.2) is 78.9 Å². The Balaban J connectivity index is 0.000000171. The number of rotatable bonds is 3. The van der Waals surface area contributed by atoms with Crippen molar-refractivity contribution >= 4 is 44.1 Å². The van der Waals surface area contributed by atoms with Gasteiger partial charge in [-0.2, -0.15) is 0 Å². The number of methoxy groups -OCH3 is 3. The van der Waals surface area contributed by atoms with Crippen LogP contribution in [0.1, 0.15) is 27.9 Å². The van der Waals surface area contributed by atoms with E-state index in [4.69, 9.17) is 14.2 Å². The van der Waals surface area contributed by atoms with Crippen molar-refractivity contribution in [3.8, 4) is 11.5 Å². The summed E-state index contributed by atoms with van der Waals surface area (Å²) in [6.07, 6.45) is 1.89. The molecule has 1 aliphatic rings. The van der Waals surface area contributed by atoms with Gasteiger partial charge >= 0.3 is 5.97 Å². The Hall–Kier alpha value is -4.38. The highest BCUT2D eigenvalue weighted by molar-refractivity contribution is 6.15. The first-order valence-electron chi connectivity index (χ1n) is 12.2. The molecule has 0 radical (unpaired) electrons. The van der Waals surface area contributed by atoms with Crippen molar-refractivity contribution in [3.05, 3.63) is 95.6 Å². The van der Waals surface area contributed by atoms with Crippen LogP contribution in [0.2, 0.25) is 0 Å². The Bertz CT molecular complexity index is 1650. The molecule has 0 heterocycles. The standard InChI is InChI=1S/C20H18O3.C12H10O2/c1-22-19-17-6-4-3-5-15(17)16-9-7-12-11-13(21)8-10-14(12)18(16)20(19)23-2;1-14-12(13)11-8-4-6-9-5-2-3-7-10(9)11/h3-7,9H,8,10-11H2,1-2H3;2-8H,1H3. The summed E-state index contributed by atoms with van der Waals surface area (Å²) in [7, 11) is 4.75. The fourth-order valence-corrected chi connectivity index (χ4v) is 5.25. The topological polar surface area (TPSA) is 61.8 Å². The van der Waals surface area contributed by atoms with Crippen molar-refractivity contribution in [2.75, 3.05) is 21.3 Å². The van der Waals surface area contributed by atoms with E-state index in [0.29, 0.717) is 24.2 Å². The number of Topliss-reactive ketones (excluding diaryl/α,β-unsaturated/α-hetero) is 1. The lowest BCUT2D eigenvalue weighted by Crippen LogP contribution is -2.14. The Morgan fingerprint density at radius 2 is 1.35 bits per heavy atom. The third-order valence-electron chi connectivity index (χ3n) is 6.95. The molecule has 37 heavy (non-hydrogen) atoms. The van der Waals surface area contributed by atoms with Crippen LogP contribution in [0.25, 0.3) is 32.3 Å². The van der Waals surface area contributed by atoms with E-state index < -0.39 is 0 Å². The highest BCUT2D eigenvalue weighted by Gasteiger charge is 2.23. The zero-order chi connectivity index (χ0) is 25.9. The van der Waals surface area contributed by atoms with Crippen molar-refractivity contribution in [1.29, 1.82) is 0 Å². The van der Waals surface area contributed by atoms with Crippen LogP contribution in [-0.4, -0.2) is 33.1 Å². The lowest BCUT2D eigenvalue weighted by molar-refractivity contribution is -0.118. The second kappa shape index (κ2) is 10.3. The van der Waals surface area contributed by atoms with Crippen molar-refractivity contribution < 1.29 is 23.8 Å². The largest absolute Gasteiger partial charge is 0.492 e. The number of carbonyl (C=O) groups excluding carboxylic acids is 2. The molecule has 5 nitrogen and oxygen atoms in total. The Labute approximate surface area is 215 Å². The Morgan fingerprint density at radius 1 is 0.676 bits per heavy atom. The maximum absolute atomic E-state index is 11.8. The molecule has 0 unspecified atom stereocenters. The van der Waals surface area contributed by atoms with Gasteiger partial charge in [0.05, 0.1) is 26.9 Å². The molecule has 0 N–H and O–H groups in total. The first-order valence-corrected chi connectivity index (χ1v) is 12.2. The van der Waals surface area contributed by atoms with E-state index in [-0.39, 0.29) is 5.97 Å². The first-order chi connectivity index (χ1) is 18.1. The maximum Gasteiger partial charge on any atom is 0.338 e. The normalized spacial score (nSPS) is 12.6. The van der Waals surface area contributed by atoms with Crippen LogP contribution in [0.4, 0.5) is 0 Å². The van der Waals surface area contributed by atoms with Crippen molar-refractivity contribution in [2.24, 2.45) is 0 Å². The van der Waals surface area contributed by atoms with Gasteiger partial charge in [-0.1, -0.05) is 72.8 Å². The number of fused-ring (bicyclic) bond motifs is 6. The van der Waals surface area contributed by atoms with E-state index in [9.17, 15) is 9.59 Å². The monoisotopic (exact) mass is 492 g/mol. The molecular formula is C32H28O5. The van der Waals surface area contributed by atoms with Gasteiger partial charge in [0.25, 0.3) is 0 Å². The second-order valence-corrected chi connectivity index (χ2v) is 8.97. The number of carbonyl (C=O) groups is 2. The fourth-order valence-electron chi connectivity index (χ4n) is 5.25. The lowest BCUT2D eigenvalue weighted by atomic mass is 9.85. The molecular weight excluding hydrogens is 464 g/mol. The average molecular weight is 493 g/mol. The highest BCUT2D eigenvalue weighted by Crippen LogP contribution is 2.46. The van der Waals surface area contributed by atoms with E-state index >= 15 is 0 Å². The van der Waals surface area contributed by atoms with E-state index in [2.05, 4.69) is 24.3 Å². The van der Waals surface area contributed by atoms with E-state index in [1.807, 2.05) is 48.5 Å². The summed E-state index contributed by atoms with van der Waals surface area (Å²) in [5.74, 6) is 1.55. The zero-order valence-corrected chi connectivity index (χ0v) is 21.2. The molecule has 0 aromatic heterocycles. The van der Waals surface area contributed by atoms with Crippen LogP contribution in [0.3, 0.4) is 0 Å². The minimum atomic E-state index is -0.290. The van der Waals surface area contributed by atoms with Crippen molar-refractivity contribution in [3.63, 3.8) is 0 Å². The molecule has 0 amide bonds. The van der Waals surface area contributed by atoms with Gasteiger partial charge in [-0.05, 0) is 45.2 Å². The number of ketones is 1. The maximum atomic E-state index is 11.8. The molecule has 1 aliphatic carbocycles. The summed E-state index contributed by atoms with van der Waals surface area (Å²) in [6.45, 7) is 0. The van der Waals surface area contributed by atoms with E-state index in [1.54, 1.807) is 20.3 Å². The lowest BCUT2D eigenvalue weighted by Gasteiger charge is -2.22. The summed E-state index contributed by atoms with van der Waals surface area (Å²) in [4.78, 5) is 23.2. The molecule has 6 rings (SSSR count). The zero-order valence-electron chi connectivity index (χ0n) is 21.2. The van der Waals surface area contributed by atoms with Crippen LogP contribution >= 0.6 is 0 Å².